The molecule has 0 saturated carbocycles. The SMILES string of the molecule is CNC(=O)C1=C(C)N=C2SCCCN2C1c1cccc(NC(=O)c2ccc(C(C)(C)C)cc2)c1. The fourth-order valence-corrected chi connectivity index (χ4v) is 5.37. The summed E-state index contributed by atoms with van der Waals surface area (Å²) in [5.74, 6) is 0.735. The molecule has 2 aliphatic rings. The number of allylic oxidation sites excluding steroid dienone is 1. The summed E-state index contributed by atoms with van der Waals surface area (Å²) >= 11 is 1.73. The van der Waals surface area contributed by atoms with Crippen molar-refractivity contribution in [2.45, 2.75) is 45.6 Å². The van der Waals surface area contributed by atoms with E-state index < -0.39 is 0 Å². The molecule has 2 aromatic carbocycles. The van der Waals surface area contributed by atoms with Crippen molar-refractivity contribution in [3.05, 3.63) is 76.5 Å². The second-order valence-corrected chi connectivity index (χ2v) is 10.7. The smallest absolute Gasteiger partial charge is 0.255 e. The Morgan fingerprint density at radius 2 is 1.82 bits per heavy atom. The molecule has 1 fully saturated rings. The number of hydrogen-bond acceptors (Lipinski definition) is 5. The topological polar surface area (TPSA) is 73.8 Å². The minimum absolute atomic E-state index is 0.0341. The first-order chi connectivity index (χ1) is 16.2. The van der Waals surface area contributed by atoms with Gasteiger partial charge in [-0.3, -0.25) is 9.59 Å². The van der Waals surface area contributed by atoms with Crippen LogP contribution in [0.4, 0.5) is 5.69 Å². The molecule has 6 nitrogen and oxygen atoms in total. The maximum Gasteiger partial charge on any atom is 0.255 e. The van der Waals surface area contributed by atoms with E-state index in [-0.39, 0.29) is 23.3 Å². The number of nitrogens with zero attached hydrogens (tertiary/aromatic N) is 2. The standard InChI is InChI=1S/C27H32N4O2S/c1-17-22(25(33)28-5)23(31-14-7-15-34-26(31)29-17)19-8-6-9-21(16-19)30-24(32)18-10-12-20(13-11-18)27(2,3)4/h6,8-13,16,23H,7,14-15H2,1-5H3,(H,28,33)(H,30,32). The molecule has 0 aromatic heterocycles. The lowest BCUT2D eigenvalue weighted by Crippen LogP contribution is -2.43. The third-order valence-electron chi connectivity index (χ3n) is 6.20. The van der Waals surface area contributed by atoms with Gasteiger partial charge in [0.15, 0.2) is 5.17 Å². The van der Waals surface area contributed by atoms with Crippen LogP contribution in [-0.2, 0) is 10.2 Å². The normalized spacial score (nSPS) is 18.2. The molecule has 2 N–H and O–H groups in total. The van der Waals surface area contributed by atoms with Gasteiger partial charge < -0.3 is 15.5 Å². The van der Waals surface area contributed by atoms with Gasteiger partial charge in [-0.25, -0.2) is 4.99 Å². The highest BCUT2D eigenvalue weighted by Gasteiger charge is 2.36. The molecule has 0 radical (unpaired) electrons. The quantitative estimate of drug-likeness (QED) is 0.643. The first-order valence-corrected chi connectivity index (χ1v) is 12.6. The Kier molecular flexibility index (Phi) is 6.84. The molecule has 1 atom stereocenters. The van der Waals surface area contributed by atoms with Gasteiger partial charge in [0.25, 0.3) is 11.8 Å². The second-order valence-electron chi connectivity index (χ2n) is 9.68. The van der Waals surface area contributed by atoms with Gasteiger partial charge in [-0.15, -0.1) is 0 Å². The molecular formula is C27H32N4O2S. The van der Waals surface area contributed by atoms with Crippen molar-refractivity contribution in [3.63, 3.8) is 0 Å². The molecule has 2 heterocycles. The lowest BCUT2D eigenvalue weighted by atomic mass is 9.86. The van der Waals surface area contributed by atoms with Crippen LogP contribution in [0, 0.1) is 0 Å². The highest BCUT2D eigenvalue weighted by Crippen LogP contribution is 2.40. The number of amidine groups is 1. The van der Waals surface area contributed by atoms with E-state index in [1.807, 2.05) is 55.5 Å². The highest BCUT2D eigenvalue weighted by atomic mass is 32.2. The minimum Gasteiger partial charge on any atom is -0.355 e. The number of aliphatic imine (C=N–C) groups is 1. The molecule has 178 valence electrons. The molecule has 2 aromatic rings. The molecule has 7 heteroatoms. The first-order valence-electron chi connectivity index (χ1n) is 11.6. The van der Waals surface area contributed by atoms with E-state index in [4.69, 9.17) is 4.99 Å². The van der Waals surface area contributed by atoms with Crippen LogP contribution < -0.4 is 10.6 Å². The van der Waals surface area contributed by atoms with Gasteiger partial charge in [-0.2, -0.15) is 0 Å². The molecule has 1 unspecified atom stereocenters. The lowest BCUT2D eigenvalue weighted by Gasteiger charge is -2.40. The summed E-state index contributed by atoms with van der Waals surface area (Å²) in [5, 5.41) is 6.76. The Morgan fingerprint density at radius 3 is 2.50 bits per heavy atom. The number of benzene rings is 2. The number of fused-ring (bicyclic) bond motifs is 1. The van der Waals surface area contributed by atoms with Crippen LogP contribution in [0.1, 0.15) is 61.6 Å². The molecule has 2 aliphatic heterocycles. The van der Waals surface area contributed by atoms with Gasteiger partial charge >= 0.3 is 0 Å². The molecule has 34 heavy (non-hydrogen) atoms. The van der Waals surface area contributed by atoms with E-state index >= 15 is 0 Å². The van der Waals surface area contributed by atoms with Crippen LogP contribution in [0.3, 0.4) is 0 Å². The van der Waals surface area contributed by atoms with Gasteiger partial charge in [0, 0.05) is 30.6 Å². The zero-order valence-corrected chi connectivity index (χ0v) is 21.3. The fraction of sp³-hybridized carbons (Fsp3) is 0.370. The number of carbonyl (C=O) groups is 2. The Balaban J connectivity index is 1.62. The predicted octanol–water partition coefficient (Wildman–Crippen LogP) is 5.11. The third kappa shape index (κ3) is 4.89. The van der Waals surface area contributed by atoms with Gasteiger partial charge in [0.05, 0.1) is 17.3 Å². The molecule has 0 spiro atoms. The number of amides is 2. The number of thioether (sulfide) groups is 1. The monoisotopic (exact) mass is 476 g/mol. The largest absolute Gasteiger partial charge is 0.355 e. The Hall–Kier alpha value is -3.06. The van der Waals surface area contributed by atoms with E-state index in [0.717, 1.165) is 35.1 Å². The summed E-state index contributed by atoms with van der Waals surface area (Å²) in [6.07, 6.45) is 1.03. The molecule has 0 aliphatic carbocycles. The number of anilines is 1. The summed E-state index contributed by atoms with van der Waals surface area (Å²) in [6, 6.07) is 15.3. The highest BCUT2D eigenvalue weighted by molar-refractivity contribution is 8.13. The van der Waals surface area contributed by atoms with Crippen LogP contribution in [0.15, 0.2) is 64.8 Å². The Labute approximate surface area is 205 Å². The second kappa shape index (κ2) is 9.66. The molecular weight excluding hydrogens is 444 g/mol. The van der Waals surface area contributed by atoms with E-state index in [0.29, 0.717) is 16.8 Å². The number of carbonyl (C=O) groups excluding carboxylic acids is 2. The number of likely N-dealkylation sites (N-methyl/N-ethyl adjacent to an activating group) is 1. The average molecular weight is 477 g/mol. The zero-order valence-electron chi connectivity index (χ0n) is 20.4. The first kappa shape index (κ1) is 24.1. The fourth-order valence-electron chi connectivity index (χ4n) is 4.35. The van der Waals surface area contributed by atoms with Crippen LogP contribution in [0.25, 0.3) is 0 Å². The third-order valence-corrected chi connectivity index (χ3v) is 7.28. The maximum absolute atomic E-state index is 12.9. The van der Waals surface area contributed by atoms with Crippen molar-refractivity contribution in [2.24, 2.45) is 4.99 Å². The summed E-state index contributed by atoms with van der Waals surface area (Å²) in [6.45, 7) is 9.18. The van der Waals surface area contributed by atoms with Gasteiger partial charge in [-0.1, -0.05) is 56.8 Å². The van der Waals surface area contributed by atoms with Gasteiger partial charge in [0.1, 0.15) is 0 Å². The maximum atomic E-state index is 12.9. The minimum atomic E-state index is -0.247. The molecule has 0 bridgehead atoms. The number of nitrogens with one attached hydrogen (secondary N) is 2. The van der Waals surface area contributed by atoms with E-state index in [9.17, 15) is 9.59 Å². The van der Waals surface area contributed by atoms with E-state index in [1.54, 1.807) is 18.8 Å². The lowest BCUT2D eigenvalue weighted by molar-refractivity contribution is -0.117. The van der Waals surface area contributed by atoms with Crippen molar-refractivity contribution in [2.75, 3.05) is 24.7 Å². The average Bonchev–Trinajstić information content (AvgIpc) is 2.82. The number of hydrogen-bond donors (Lipinski definition) is 2. The van der Waals surface area contributed by atoms with Crippen molar-refractivity contribution in [1.29, 1.82) is 0 Å². The van der Waals surface area contributed by atoms with Crippen LogP contribution >= 0.6 is 11.8 Å². The van der Waals surface area contributed by atoms with Crippen molar-refractivity contribution >= 4 is 34.4 Å². The summed E-state index contributed by atoms with van der Waals surface area (Å²) < 4.78 is 0. The van der Waals surface area contributed by atoms with Crippen molar-refractivity contribution < 1.29 is 9.59 Å². The van der Waals surface area contributed by atoms with Gasteiger partial charge in [-0.05, 0) is 54.2 Å². The van der Waals surface area contributed by atoms with Gasteiger partial charge in [0.2, 0.25) is 0 Å². The molecule has 1 saturated heterocycles. The van der Waals surface area contributed by atoms with Crippen LogP contribution in [-0.4, -0.2) is 41.2 Å². The summed E-state index contributed by atoms with van der Waals surface area (Å²) in [4.78, 5) is 32.7. The Bertz CT molecular complexity index is 1160. The zero-order chi connectivity index (χ0) is 24.5. The van der Waals surface area contributed by atoms with Crippen molar-refractivity contribution in [1.82, 2.24) is 10.2 Å². The predicted molar refractivity (Wildman–Crippen MR) is 140 cm³/mol. The molecule has 2 amide bonds. The number of rotatable bonds is 4. The molecule has 4 rings (SSSR count). The van der Waals surface area contributed by atoms with E-state index in [1.165, 1.54) is 5.56 Å². The van der Waals surface area contributed by atoms with Crippen LogP contribution in [0.5, 0.6) is 0 Å². The Morgan fingerprint density at radius 1 is 1.09 bits per heavy atom. The van der Waals surface area contributed by atoms with Crippen LogP contribution in [0.2, 0.25) is 0 Å². The van der Waals surface area contributed by atoms with Crippen molar-refractivity contribution in [3.8, 4) is 0 Å². The summed E-state index contributed by atoms with van der Waals surface area (Å²) in [5.41, 5.74) is 4.86. The van der Waals surface area contributed by atoms with E-state index in [2.05, 4.69) is 36.3 Å². The summed E-state index contributed by atoms with van der Waals surface area (Å²) in [7, 11) is 1.64.